The Kier molecular flexibility index (Phi) is 6.22. The van der Waals surface area contributed by atoms with E-state index in [0.717, 1.165) is 22.2 Å². The zero-order chi connectivity index (χ0) is 21.6. The number of alkyl halides is 1. The Morgan fingerprint density at radius 3 is 2.65 bits per heavy atom. The molecule has 0 aliphatic rings. The number of ether oxygens (including phenoxy) is 1. The van der Waals surface area contributed by atoms with E-state index >= 15 is 4.39 Å². The van der Waals surface area contributed by atoms with Crippen LogP contribution in [-0.2, 0) is 6.42 Å². The Labute approximate surface area is 180 Å². The van der Waals surface area contributed by atoms with Crippen molar-refractivity contribution in [2.24, 2.45) is 0 Å². The Morgan fingerprint density at radius 1 is 1.03 bits per heavy atom. The van der Waals surface area contributed by atoms with Gasteiger partial charge in [0.2, 0.25) is 0 Å². The van der Waals surface area contributed by atoms with Gasteiger partial charge in [0.1, 0.15) is 11.9 Å². The highest BCUT2D eigenvalue weighted by Crippen LogP contribution is 2.27. The van der Waals surface area contributed by atoms with E-state index in [2.05, 4.69) is 10.3 Å². The topological polar surface area (TPSA) is 51.2 Å². The van der Waals surface area contributed by atoms with Crippen molar-refractivity contribution in [1.29, 1.82) is 0 Å². The average molecular weight is 414 g/mol. The number of rotatable bonds is 7. The highest BCUT2D eigenvalue weighted by molar-refractivity contribution is 6.06. The minimum absolute atomic E-state index is 0.177. The van der Waals surface area contributed by atoms with Gasteiger partial charge in [-0.15, -0.1) is 0 Å². The SMILES string of the molecule is CCOc1ccc(CC(F)c2ccccc2C(=O)Nc2ccc3cccnc3c2)cc1. The lowest BCUT2D eigenvalue weighted by Gasteiger charge is -2.14. The first kappa shape index (κ1) is 20.5. The number of hydrogen-bond donors (Lipinski definition) is 1. The number of fused-ring (bicyclic) bond motifs is 1. The van der Waals surface area contributed by atoms with Crippen LogP contribution in [0.15, 0.2) is 85.1 Å². The molecule has 0 saturated heterocycles. The van der Waals surface area contributed by atoms with Gasteiger partial charge in [-0.2, -0.15) is 0 Å². The lowest BCUT2D eigenvalue weighted by Crippen LogP contribution is -2.15. The Balaban J connectivity index is 1.51. The Hall–Kier alpha value is -3.73. The van der Waals surface area contributed by atoms with Gasteiger partial charge in [-0.05, 0) is 54.4 Å². The second-order valence-electron chi connectivity index (χ2n) is 7.20. The van der Waals surface area contributed by atoms with E-state index in [0.29, 0.717) is 23.4 Å². The number of carbonyl (C=O) groups excluding carboxylic acids is 1. The first-order valence-corrected chi connectivity index (χ1v) is 10.2. The summed E-state index contributed by atoms with van der Waals surface area (Å²) in [6.07, 6.45) is 0.576. The van der Waals surface area contributed by atoms with Crippen LogP contribution in [0.4, 0.5) is 10.1 Å². The molecule has 4 nitrogen and oxygen atoms in total. The largest absolute Gasteiger partial charge is 0.494 e. The van der Waals surface area contributed by atoms with Gasteiger partial charge in [-0.3, -0.25) is 9.78 Å². The molecule has 3 aromatic carbocycles. The number of aromatic nitrogens is 1. The molecular weight excluding hydrogens is 391 g/mol. The van der Waals surface area contributed by atoms with Crippen LogP contribution in [0.3, 0.4) is 0 Å². The van der Waals surface area contributed by atoms with Gasteiger partial charge >= 0.3 is 0 Å². The van der Waals surface area contributed by atoms with Gasteiger partial charge in [-0.25, -0.2) is 4.39 Å². The van der Waals surface area contributed by atoms with Crippen LogP contribution in [0.25, 0.3) is 10.9 Å². The average Bonchev–Trinajstić information content (AvgIpc) is 2.80. The van der Waals surface area contributed by atoms with Crippen molar-refractivity contribution in [2.45, 2.75) is 19.5 Å². The molecule has 0 spiro atoms. The predicted molar refractivity (Wildman–Crippen MR) is 121 cm³/mol. The van der Waals surface area contributed by atoms with Crippen molar-refractivity contribution >= 4 is 22.5 Å². The Morgan fingerprint density at radius 2 is 1.84 bits per heavy atom. The second kappa shape index (κ2) is 9.39. The first-order valence-electron chi connectivity index (χ1n) is 10.2. The maximum Gasteiger partial charge on any atom is 0.256 e. The molecule has 0 bridgehead atoms. The van der Waals surface area contributed by atoms with Gasteiger partial charge in [0.05, 0.1) is 12.1 Å². The van der Waals surface area contributed by atoms with Crippen LogP contribution in [-0.4, -0.2) is 17.5 Å². The molecule has 0 radical (unpaired) electrons. The van der Waals surface area contributed by atoms with Crippen molar-refractivity contribution in [1.82, 2.24) is 4.98 Å². The second-order valence-corrected chi connectivity index (χ2v) is 7.20. The number of halogens is 1. The quantitative estimate of drug-likeness (QED) is 0.395. The molecular formula is C26H23FN2O2. The number of amides is 1. The molecule has 5 heteroatoms. The van der Waals surface area contributed by atoms with Gasteiger partial charge in [-0.1, -0.05) is 42.5 Å². The highest BCUT2D eigenvalue weighted by atomic mass is 19.1. The third kappa shape index (κ3) is 4.89. The number of pyridine rings is 1. The minimum atomic E-state index is -1.31. The molecule has 0 saturated carbocycles. The molecule has 1 amide bonds. The number of nitrogens with zero attached hydrogens (tertiary/aromatic N) is 1. The molecule has 1 unspecified atom stereocenters. The standard InChI is InChI=1S/C26H23FN2O2/c1-2-31-21-13-9-18(10-14-21)16-24(27)22-7-3-4-8-23(22)26(30)29-20-12-11-19-6-5-15-28-25(19)17-20/h3-15,17,24H,2,16H2,1H3,(H,29,30). The highest BCUT2D eigenvalue weighted by Gasteiger charge is 2.19. The summed E-state index contributed by atoms with van der Waals surface area (Å²) in [6.45, 7) is 2.50. The van der Waals surface area contributed by atoms with E-state index in [4.69, 9.17) is 4.74 Å². The maximum atomic E-state index is 15.2. The van der Waals surface area contributed by atoms with Gasteiger partial charge < -0.3 is 10.1 Å². The summed E-state index contributed by atoms with van der Waals surface area (Å²) >= 11 is 0. The van der Waals surface area contributed by atoms with E-state index in [9.17, 15) is 4.79 Å². The molecule has 0 fully saturated rings. The van der Waals surface area contributed by atoms with Crippen LogP contribution >= 0.6 is 0 Å². The number of benzene rings is 3. The van der Waals surface area contributed by atoms with E-state index < -0.39 is 6.17 Å². The van der Waals surface area contributed by atoms with Crippen LogP contribution < -0.4 is 10.1 Å². The third-order valence-corrected chi connectivity index (χ3v) is 5.06. The van der Waals surface area contributed by atoms with Crippen molar-refractivity contribution in [3.63, 3.8) is 0 Å². The van der Waals surface area contributed by atoms with E-state index in [1.165, 1.54) is 0 Å². The van der Waals surface area contributed by atoms with Crippen LogP contribution in [0, 0.1) is 0 Å². The summed E-state index contributed by atoms with van der Waals surface area (Å²) in [7, 11) is 0. The Bertz CT molecular complexity index is 1190. The number of carbonyl (C=O) groups is 1. The lowest BCUT2D eigenvalue weighted by atomic mass is 9.97. The molecule has 1 heterocycles. The van der Waals surface area contributed by atoms with E-state index in [-0.39, 0.29) is 12.3 Å². The van der Waals surface area contributed by atoms with Crippen molar-refractivity contribution < 1.29 is 13.9 Å². The molecule has 31 heavy (non-hydrogen) atoms. The van der Waals surface area contributed by atoms with Crippen LogP contribution in [0.2, 0.25) is 0 Å². The zero-order valence-electron chi connectivity index (χ0n) is 17.2. The fraction of sp³-hybridized carbons (Fsp3) is 0.154. The first-order chi connectivity index (χ1) is 15.1. The number of nitrogens with one attached hydrogen (secondary N) is 1. The summed E-state index contributed by atoms with van der Waals surface area (Å²) in [6, 6.07) is 23.5. The molecule has 0 aliphatic carbocycles. The van der Waals surface area contributed by atoms with E-state index in [1.807, 2.05) is 61.5 Å². The maximum absolute atomic E-state index is 15.2. The monoisotopic (exact) mass is 414 g/mol. The minimum Gasteiger partial charge on any atom is -0.494 e. The zero-order valence-corrected chi connectivity index (χ0v) is 17.2. The molecule has 156 valence electrons. The van der Waals surface area contributed by atoms with E-state index in [1.54, 1.807) is 30.5 Å². The summed E-state index contributed by atoms with van der Waals surface area (Å²) in [5, 5.41) is 3.86. The predicted octanol–water partition coefficient (Wildman–Crippen LogP) is 6.14. The third-order valence-electron chi connectivity index (χ3n) is 5.06. The van der Waals surface area contributed by atoms with Gasteiger partial charge in [0.25, 0.3) is 5.91 Å². The van der Waals surface area contributed by atoms with Crippen molar-refractivity contribution in [3.8, 4) is 5.75 Å². The van der Waals surface area contributed by atoms with Crippen molar-refractivity contribution in [3.05, 3.63) is 102 Å². The summed E-state index contributed by atoms with van der Waals surface area (Å²) in [5.74, 6) is 0.409. The smallest absolute Gasteiger partial charge is 0.256 e. The molecule has 1 aromatic heterocycles. The summed E-state index contributed by atoms with van der Waals surface area (Å²) in [5.41, 5.74) is 2.93. The number of hydrogen-bond acceptors (Lipinski definition) is 3. The number of anilines is 1. The lowest BCUT2D eigenvalue weighted by molar-refractivity contribution is 0.102. The molecule has 4 rings (SSSR count). The van der Waals surface area contributed by atoms with Gasteiger partial charge in [0.15, 0.2) is 0 Å². The normalized spacial score (nSPS) is 11.8. The molecule has 1 atom stereocenters. The summed E-state index contributed by atoms with van der Waals surface area (Å²) < 4.78 is 20.6. The molecule has 0 aliphatic heterocycles. The van der Waals surface area contributed by atoms with Gasteiger partial charge in [0, 0.05) is 29.3 Å². The molecule has 1 N–H and O–H groups in total. The molecule has 4 aromatic rings. The summed E-state index contributed by atoms with van der Waals surface area (Å²) in [4.78, 5) is 17.2. The fourth-order valence-corrected chi connectivity index (χ4v) is 3.52. The van der Waals surface area contributed by atoms with Crippen molar-refractivity contribution in [2.75, 3.05) is 11.9 Å². The fourth-order valence-electron chi connectivity index (χ4n) is 3.52. The van der Waals surface area contributed by atoms with Crippen LogP contribution in [0.5, 0.6) is 5.75 Å². The van der Waals surface area contributed by atoms with Crippen LogP contribution in [0.1, 0.15) is 34.6 Å².